The largest absolute Gasteiger partial charge is 0.359 e. The molecule has 1 aromatic heterocycles. The molecule has 0 saturated carbocycles. The molecule has 0 aliphatic carbocycles. The molecule has 1 rings (SSSR count). The van der Waals surface area contributed by atoms with E-state index in [-0.39, 0.29) is 18.4 Å². The Bertz CT molecular complexity index is 345. The van der Waals surface area contributed by atoms with Gasteiger partial charge in [-0.05, 0) is 6.92 Å². The van der Waals surface area contributed by atoms with Crippen LogP contribution in [0.5, 0.6) is 0 Å². The number of carbonyl (C=O) groups excluding carboxylic acids is 2. The lowest BCUT2D eigenvalue weighted by Crippen LogP contribution is -2.31. The predicted molar refractivity (Wildman–Crippen MR) is 48.6 cm³/mol. The Hall–Kier alpha value is -1.85. The molecule has 1 heterocycles. The number of carbonyl (C=O) groups is 2. The summed E-state index contributed by atoms with van der Waals surface area (Å²) in [4.78, 5) is 21.7. The second-order valence-corrected chi connectivity index (χ2v) is 2.75. The third kappa shape index (κ3) is 2.89. The number of aromatic nitrogens is 1. The van der Waals surface area contributed by atoms with Crippen molar-refractivity contribution in [3.05, 3.63) is 12.0 Å². The van der Waals surface area contributed by atoms with Gasteiger partial charge >= 0.3 is 0 Å². The lowest BCUT2D eigenvalue weighted by molar-refractivity contribution is -0.122. The van der Waals surface area contributed by atoms with Crippen LogP contribution in [0.25, 0.3) is 0 Å². The van der Waals surface area contributed by atoms with Gasteiger partial charge in [0.25, 0.3) is 0 Å². The van der Waals surface area contributed by atoms with E-state index in [0.717, 1.165) is 0 Å². The molecule has 1 aromatic rings. The van der Waals surface area contributed by atoms with Gasteiger partial charge in [-0.2, -0.15) is 0 Å². The number of anilines is 1. The molecule has 0 spiro atoms. The van der Waals surface area contributed by atoms with Gasteiger partial charge in [-0.15, -0.1) is 0 Å². The standard InChI is InChI=1S/C8H11N3O3/c1-5-7(3-10-14-5)11-8(13)4-9-6(2)12/h3H,4H2,1-2H3,(H,9,12)(H,11,13). The van der Waals surface area contributed by atoms with Crippen molar-refractivity contribution < 1.29 is 14.1 Å². The van der Waals surface area contributed by atoms with E-state index < -0.39 is 0 Å². The lowest BCUT2D eigenvalue weighted by atomic mass is 10.4. The van der Waals surface area contributed by atoms with E-state index in [1.165, 1.54) is 13.1 Å². The minimum Gasteiger partial charge on any atom is -0.359 e. The summed E-state index contributed by atoms with van der Waals surface area (Å²) < 4.78 is 4.74. The third-order valence-corrected chi connectivity index (χ3v) is 1.52. The summed E-state index contributed by atoms with van der Waals surface area (Å²) in [5.74, 6) is -0.0325. The topological polar surface area (TPSA) is 84.2 Å². The second-order valence-electron chi connectivity index (χ2n) is 2.75. The summed E-state index contributed by atoms with van der Waals surface area (Å²) in [5, 5.41) is 8.40. The maximum absolute atomic E-state index is 11.2. The van der Waals surface area contributed by atoms with Crippen molar-refractivity contribution in [2.75, 3.05) is 11.9 Å². The van der Waals surface area contributed by atoms with E-state index in [1.807, 2.05) is 0 Å². The monoisotopic (exact) mass is 197 g/mol. The summed E-state index contributed by atoms with van der Waals surface area (Å²) in [6.07, 6.45) is 1.40. The number of hydrogen-bond donors (Lipinski definition) is 2. The van der Waals surface area contributed by atoms with Gasteiger partial charge in [0.15, 0.2) is 5.76 Å². The molecule has 6 heteroatoms. The number of nitrogens with zero attached hydrogens (tertiary/aromatic N) is 1. The average molecular weight is 197 g/mol. The Morgan fingerprint density at radius 1 is 1.57 bits per heavy atom. The summed E-state index contributed by atoms with van der Waals surface area (Å²) in [6.45, 7) is 2.97. The number of hydrogen-bond acceptors (Lipinski definition) is 4. The molecular weight excluding hydrogens is 186 g/mol. The Balaban J connectivity index is 2.42. The Morgan fingerprint density at radius 3 is 2.79 bits per heavy atom. The van der Waals surface area contributed by atoms with Crippen LogP contribution in [0.1, 0.15) is 12.7 Å². The fourth-order valence-electron chi connectivity index (χ4n) is 0.818. The zero-order chi connectivity index (χ0) is 10.6. The number of rotatable bonds is 3. The van der Waals surface area contributed by atoms with Crippen LogP contribution in [0.2, 0.25) is 0 Å². The molecule has 0 bridgehead atoms. The normalized spacial score (nSPS) is 9.57. The van der Waals surface area contributed by atoms with E-state index >= 15 is 0 Å². The van der Waals surface area contributed by atoms with Gasteiger partial charge < -0.3 is 15.2 Å². The van der Waals surface area contributed by atoms with Crippen LogP contribution in [-0.4, -0.2) is 23.5 Å². The highest BCUT2D eigenvalue weighted by atomic mass is 16.5. The molecule has 76 valence electrons. The van der Waals surface area contributed by atoms with Crippen molar-refractivity contribution in [1.82, 2.24) is 10.5 Å². The van der Waals surface area contributed by atoms with Crippen molar-refractivity contribution in [2.45, 2.75) is 13.8 Å². The first-order valence-electron chi connectivity index (χ1n) is 4.05. The van der Waals surface area contributed by atoms with Crippen LogP contribution in [0, 0.1) is 6.92 Å². The van der Waals surface area contributed by atoms with Crippen molar-refractivity contribution in [3.8, 4) is 0 Å². The van der Waals surface area contributed by atoms with Crippen LogP contribution in [0.3, 0.4) is 0 Å². The molecule has 0 saturated heterocycles. The molecule has 0 radical (unpaired) electrons. The summed E-state index contributed by atoms with van der Waals surface area (Å²) >= 11 is 0. The van der Waals surface area contributed by atoms with Crippen LogP contribution in [0.15, 0.2) is 10.7 Å². The molecule has 0 fully saturated rings. The summed E-state index contributed by atoms with van der Waals surface area (Å²) in [6, 6.07) is 0. The van der Waals surface area contributed by atoms with Crippen LogP contribution in [0.4, 0.5) is 5.69 Å². The molecule has 0 aromatic carbocycles. The zero-order valence-corrected chi connectivity index (χ0v) is 7.96. The first kappa shape index (κ1) is 10.2. The average Bonchev–Trinajstić information content (AvgIpc) is 2.49. The molecule has 0 aliphatic heterocycles. The van der Waals surface area contributed by atoms with Gasteiger partial charge in [0.2, 0.25) is 11.8 Å². The molecule has 0 aliphatic rings. The quantitative estimate of drug-likeness (QED) is 0.717. The van der Waals surface area contributed by atoms with Crippen molar-refractivity contribution >= 4 is 17.5 Å². The molecule has 0 atom stereocenters. The summed E-state index contributed by atoms with van der Waals surface area (Å²) in [5.41, 5.74) is 0.514. The van der Waals surface area contributed by atoms with E-state index in [0.29, 0.717) is 11.4 Å². The fourth-order valence-corrected chi connectivity index (χ4v) is 0.818. The van der Waals surface area contributed by atoms with E-state index in [2.05, 4.69) is 15.8 Å². The highest BCUT2D eigenvalue weighted by molar-refractivity contribution is 5.94. The minimum atomic E-state index is -0.313. The minimum absolute atomic E-state index is 0.0556. The second kappa shape index (κ2) is 4.40. The molecule has 14 heavy (non-hydrogen) atoms. The van der Waals surface area contributed by atoms with E-state index in [9.17, 15) is 9.59 Å². The number of amides is 2. The van der Waals surface area contributed by atoms with Crippen molar-refractivity contribution in [2.24, 2.45) is 0 Å². The van der Waals surface area contributed by atoms with Crippen molar-refractivity contribution in [3.63, 3.8) is 0 Å². The van der Waals surface area contributed by atoms with Gasteiger partial charge in [-0.1, -0.05) is 5.16 Å². The van der Waals surface area contributed by atoms with Crippen LogP contribution >= 0.6 is 0 Å². The lowest BCUT2D eigenvalue weighted by Gasteiger charge is -2.02. The Kier molecular flexibility index (Phi) is 3.22. The van der Waals surface area contributed by atoms with Crippen LogP contribution in [-0.2, 0) is 9.59 Å². The van der Waals surface area contributed by atoms with Crippen molar-refractivity contribution in [1.29, 1.82) is 0 Å². The van der Waals surface area contributed by atoms with Crippen LogP contribution < -0.4 is 10.6 Å². The SMILES string of the molecule is CC(=O)NCC(=O)Nc1cnoc1C. The van der Waals surface area contributed by atoms with Gasteiger partial charge in [-0.3, -0.25) is 9.59 Å². The summed E-state index contributed by atoms with van der Waals surface area (Å²) in [7, 11) is 0. The Labute approximate surface area is 80.6 Å². The van der Waals surface area contributed by atoms with Gasteiger partial charge in [0, 0.05) is 6.92 Å². The third-order valence-electron chi connectivity index (χ3n) is 1.52. The Morgan fingerprint density at radius 2 is 2.29 bits per heavy atom. The zero-order valence-electron chi connectivity index (χ0n) is 7.96. The smallest absolute Gasteiger partial charge is 0.243 e. The van der Waals surface area contributed by atoms with Gasteiger partial charge in [0.1, 0.15) is 5.69 Å². The van der Waals surface area contributed by atoms with Gasteiger partial charge in [-0.25, -0.2) is 0 Å². The molecule has 2 amide bonds. The highest BCUT2D eigenvalue weighted by Crippen LogP contribution is 2.11. The van der Waals surface area contributed by atoms with E-state index in [1.54, 1.807) is 6.92 Å². The molecule has 0 unspecified atom stereocenters. The predicted octanol–water partition coefficient (Wildman–Crippen LogP) is 0.0576. The first-order chi connectivity index (χ1) is 6.59. The van der Waals surface area contributed by atoms with E-state index in [4.69, 9.17) is 4.52 Å². The first-order valence-corrected chi connectivity index (χ1v) is 4.05. The molecule has 2 N–H and O–H groups in total. The maximum Gasteiger partial charge on any atom is 0.243 e. The fraction of sp³-hybridized carbons (Fsp3) is 0.375. The molecule has 6 nitrogen and oxygen atoms in total. The van der Waals surface area contributed by atoms with Gasteiger partial charge in [0.05, 0.1) is 12.7 Å². The maximum atomic E-state index is 11.2. The number of nitrogens with one attached hydrogen (secondary N) is 2. The molecular formula is C8H11N3O3. The highest BCUT2D eigenvalue weighted by Gasteiger charge is 2.07. The number of aryl methyl sites for hydroxylation is 1.